The standard InChI is InChI=1S/C16H16BrN3O/c1-21-15-5-3-2-4-11(15)8-9-20-14-7-6-12(17)10-13(14)19-16(20)18/h2-7,10H,8-9H2,1H3,(H2,18,19). The number of para-hydroxylation sites is 1. The van der Waals surface area contributed by atoms with Crippen molar-refractivity contribution >= 4 is 32.9 Å². The molecule has 0 atom stereocenters. The fraction of sp³-hybridized carbons (Fsp3) is 0.188. The lowest BCUT2D eigenvalue weighted by molar-refractivity contribution is 0.408. The molecule has 0 saturated heterocycles. The number of hydrogen-bond acceptors (Lipinski definition) is 3. The van der Waals surface area contributed by atoms with E-state index in [0.717, 1.165) is 34.2 Å². The van der Waals surface area contributed by atoms with Crippen molar-refractivity contribution in [2.75, 3.05) is 12.8 Å². The topological polar surface area (TPSA) is 53.1 Å². The Kier molecular flexibility index (Phi) is 3.84. The zero-order valence-electron chi connectivity index (χ0n) is 11.7. The number of nitrogens with zero attached hydrogens (tertiary/aromatic N) is 2. The summed E-state index contributed by atoms with van der Waals surface area (Å²) in [6, 6.07) is 14.1. The van der Waals surface area contributed by atoms with Gasteiger partial charge < -0.3 is 15.0 Å². The molecule has 1 aromatic heterocycles. The van der Waals surface area contributed by atoms with E-state index in [-0.39, 0.29) is 0 Å². The maximum Gasteiger partial charge on any atom is 0.201 e. The minimum Gasteiger partial charge on any atom is -0.496 e. The summed E-state index contributed by atoms with van der Waals surface area (Å²) in [5, 5.41) is 0. The van der Waals surface area contributed by atoms with Crippen LogP contribution in [0.15, 0.2) is 46.9 Å². The normalized spacial score (nSPS) is 11.0. The number of methoxy groups -OCH3 is 1. The third kappa shape index (κ3) is 2.74. The van der Waals surface area contributed by atoms with Gasteiger partial charge in [-0.05, 0) is 36.2 Å². The molecule has 3 aromatic rings. The van der Waals surface area contributed by atoms with E-state index in [4.69, 9.17) is 10.5 Å². The van der Waals surface area contributed by atoms with Gasteiger partial charge in [0.15, 0.2) is 0 Å². The molecule has 0 aliphatic carbocycles. The molecule has 21 heavy (non-hydrogen) atoms. The van der Waals surface area contributed by atoms with Crippen molar-refractivity contribution in [1.82, 2.24) is 9.55 Å². The summed E-state index contributed by atoms with van der Waals surface area (Å²) in [4.78, 5) is 4.41. The Hall–Kier alpha value is -2.01. The van der Waals surface area contributed by atoms with Crippen LogP contribution in [0, 0.1) is 0 Å². The molecule has 0 fully saturated rings. The summed E-state index contributed by atoms with van der Waals surface area (Å²) in [5.74, 6) is 1.45. The van der Waals surface area contributed by atoms with Crippen LogP contribution >= 0.6 is 15.9 Å². The number of halogens is 1. The molecule has 108 valence electrons. The van der Waals surface area contributed by atoms with Crippen molar-refractivity contribution < 1.29 is 4.74 Å². The van der Waals surface area contributed by atoms with Gasteiger partial charge in [-0.1, -0.05) is 34.1 Å². The monoisotopic (exact) mass is 345 g/mol. The predicted molar refractivity (Wildman–Crippen MR) is 88.5 cm³/mol. The average molecular weight is 346 g/mol. The van der Waals surface area contributed by atoms with Gasteiger partial charge in [0.25, 0.3) is 0 Å². The van der Waals surface area contributed by atoms with Crippen LogP contribution in [-0.4, -0.2) is 16.7 Å². The molecule has 2 N–H and O–H groups in total. The zero-order chi connectivity index (χ0) is 14.8. The molecular formula is C16H16BrN3O. The van der Waals surface area contributed by atoms with Crippen LogP contribution in [0.1, 0.15) is 5.56 Å². The Balaban J connectivity index is 1.90. The molecule has 3 rings (SSSR count). The smallest absolute Gasteiger partial charge is 0.201 e. The van der Waals surface area contributed by atoms with Crippen LogP contribution in [-0.2, 0) is 13.0 Å². The SMILES string of the molecule is COc1ccccc1CCn1c(N)nc2cc(Br)ccc21. The molecule has 0 amide bonds. The quantitative estimate of drug-likeness (QED) is 0.785. The Morgan fingerprint density at radius 2 is 2.05 bits per heavy atom. The van der Waals surface area contributed by atoms with Gasteiger partial charge in [0.2, 0.25) is 5.95 Å². The Labute approximate surface area is 131 Å². The maximum atomic E-state index is 6.04. The van der Waals surface area contributed by atoms with Crippen LogP contribution in [0.3, 0.4) is 0 Å². The number of nitrogens with two attached hydrogens (primary N) is 1. The van der Waals surface area contributed by atoms with E-state index in [9.17, 15) is 0 Å². The van der Waals surface area contributed by atoms with E-state index in [2.05, 4.69) is 27.0 Å². The van der Waals surface area contributed by atoms with Crippen LogP contribution in [0.25, 0.3) is 11.0 Å². The molecule has 0 radical (unpaired) electrons. The van der Waals surface area contributed by atoms with Gasteiger partial charge in [-0.15, -0.1) is 0 Å². The molecule has 2 aromatic carbocycles. The van der Waals surface area contributed by atoms with Gasteiger partial charge in [0.05, 0.1) is 18.1 Å². The van der Waals surface area contributed by atoms with Crippen LogP contribution in [0.4, 0.5) is 5.95 Å². The number of aromatic nitrogens is 2. The second-order valence-electron chi connectivity index (χ2n) is 4.82. The second kappa shape index (κ2) is 5.77. The van der Waals surface area contributed by atoms with Crippen molar-refractivity contribution in [3.05, 3.63) is 52.5 Å². The molecule has 1 heterocycles. The van der Waals surface area contributed by atoms with E-state index in [1.165, 1.54) is 5.56 Å². The third-order valence-corrected chi connectivity index (χ3v) is 4.03. The first-order valence-corrected chi connectivity index (χ1v) is 7.51. The first-order valence-electron chi connectivity index (χ1n) is 6.72. The number of benzene rings is 2. The number of fused-ring (bicyclic) bond motifs is 1. The van der Waals surface area contributed by atoms with Crippen LogP contribution in [0.2, 0.25) is 0 Å². The summed E-state index contributed by atoms with van der Waals surface area (Å²) < 4.78 is 8.43. The molecule has 0 spiro atoms. The maximum absolute atomic E-state index is 6.04. The summed E-state index contributed by atoms with van der Waals surface area (Å²) >= 11 is 3.45. The Morgan fingerprint density at radius 3 is 2.86 bits per heavy atom. The molecule has 0 aliphatic heterocycles. The van der Waals surface area contributed by atoms with Crippen molar-refractivity contribution in [3.8, 4) is 5.75 Å². The number of rotatable bonds is 4. The molecule has 0 bridgehead atoms. The first-order chi connectivity index (χ1) is 10.2. The van der Waals surface area contributed by atoms with Gasteiger partial charge in [-0.25, -0.2) is 4.98 Å². The van der Waals surface area contributed by atoms with Crippen LogP contribution < -0.4 is 10.5 Å². The largest absolute Gasteiger partial charge is 0.496 e. The Morgan fingerprint density at radius 1 is 1.24 bits per heavy atom. The lowest BCUT2D eigenvalue weighted by Gasteiger charge is -2.10. The van der Waals surface area contributed by atoms with E-state index in [1.807, 2.05) is 41.0 Å². The number of imidazole rings is 1. The minimum absolute atomic E-state index is 0.540. The van der Waals surface area contributed by atoms with E-state index in [1.54, 1.807) is 7.11 Å². The fourth-order valence-electron chi connectivity index (χ4n) is 2.50. The summed E-state index contributed by atoms with van der Waals surface area (Å²) in [6.45, 7) is 0.768. The number of aryl methyl sites for hydroxylation is 2. The molecule has 5 heteroatoms. The van der Waals surface area contributed by atoms with E-state index in [0.29, 0.717) is 5.95 Å². The van der Waals surface area contributed by atoms with Gasteiger partial charge in [-0.2, -0.15) is 0 Å². The van der Waals surface area contributed by atoms with Crippen LogP contribution in [0.5, 0.6) is 5.75 Å². The lowest BCUT2D eigenvalue weighted by Crippen LogP contribution is -2.06. The fourth-order valence-corrected chi connectivity index (χ4v) is 2.85. The van der Waals surface area contributed by atoms with Crippen molar-refractivity contribution in [2.45, 2.75) is 13.0 Å². The summed E-state index contributed by atoms with van der Waals surface area (Å²) in [5.41, 5.74) is 9.16. The van der Waals surface area contributed by atoms with Gasteiger partial charge in [-0.3, -0.25) is 0 Å². The number of ether oxygens (including phenoxy) is 1. The highest BCUT2D eigenvalue weighted by molar-refractivity contribution is 9.10. The summed E-state index contributed by atoms with van der Waals surface area (Å²) in [7, 11) is 1.69. The minimum atomic E-state index is 0.540. The summed E-state index contributed by atoms with van der Waals surface area (Å²) in [6.07, 6.45) is 0.843. The highest BCUT2D eigenvalue weighted by Crippen LogP contribution is 2.24. The Bertz CT molecular complexity index is 782. The first kappa shape index (κ1) is 13.9. The number of anilines is 1. The zero-order valence-corrected chi connectivity index (χ0v) is 13.3. The highest BCUT2D eigenvalue weighted by atomic mass is 79.9. The molecule has 0 aliphatic rings. The second-order valence-corrected chi connectivity index (χ2v) is 5.73. The van der Waals surface area contributed by atoms with Crippen molar-refractivity contribution in [1.29, 1.82) is 0 Å². The van der Waals surface area contributed by atoms with Gasteiger partial charge in [0, 0.05) is 11.0 Å². The molecule has 0 unspecified atom stereocenters. The lowest BCUT2D eigenvalue weighted by atomic mass is 10.1. The average Bonchev–Trinajstić information content (AvgIpc) is 2.80. The molecule has 0 saturated carbocycles. The van der Waals surface area contributed by atoms with Gasteiger partial charge in [0.1, 0.15) is 5.75 Å². The highest BCUT2D eigenvalue weighted by Gasteiger charge is 2.09. The number of hydrogen-bond donors (Lipinski definition) is 1. The van der Waals surface area contributed by atoms with Gasteiger partial charge >= 0.3 is 0 Å². The molecule has 4 nitrogen and oxygen atoms in total. The predicted octanol–water partition coefficient (Wildman–Crippen LogP) is 3.63. The van der Waals surface area contributed by atoms with E-state index >= 15 is 0 Å². The van der Waals surface area contributed by atoms with Crippen molar-refractivity contribution in [3.63, 3.8) is 0 Å². The molecular weight excluding hydrogens is 330 g/mol. The van der Waals surface area contributed by atoms with Crippen molar-refractivity contribution in [2.24, 2.45) is 0 Å². The number of nitrogen functional groups attached to an aromatic ring is 1. The van der Waals surface area contributed by atoms with E-state index < -0.39 is 0 Å². The third-order valence-electron chi connectivity index (χ3n) is 3.54.